The van der Waals surface area contributed by atoms with Gasteiger partial charge in [-0.05, 0) is 29.0 Å². The molecule has 0 aliphatic heterocycles. The second-order valence-corrected chi connectivity index (χ2v) is 10.6. The molecule has 120 valence electrons. The normalized spacial score (nSPS) is 12.1. The number of nitrogens with zero attached hydrogens (tertiary/aromatic N) is 1. The number of thioether (sulfide) groups is 1. The molecule has 0 radical (unpaired) electrons. The Hall–Kier alpha value is -1.67. The Labute approximate surface area is 152 Å². The molecule has 4 heteroatoms. The Morgan fingerprint density at radius 1 is 0.750 bits per heavy atom. The fraction of sp³-hybridized carbons (Fsp3) is 0.0500. The Bertz CT molecular complexity index is 818. The highest BCUT2D eigenvalue weighted by Gasteiger charge is 2.28. The minimum Gasteiger partial charge on any atom is -0.240 e. The van der Waals surface area contributed by atoms with Gasteiger partial charge < -0.3 is 0 Å². The first-order chi connectivity index (χ1) is 11.7. The van der Waals surface area contributed by atoms with Crippen molar-refractivity contribution >= 4 is 50.7 Å². The van der Waals surface area contributed by atoms with Gasteiger partial charge in [-0.2, -0.15) is 0 Å². The third kappa shape index (κ3) is 3.54. The fourth-order valence-corrected chi connectivity index (χ4v) is 8.06. The zero-order valence-electron chi connectivity index (χ0n) is 13.4. The molecule has 0 saturated carbocycles. The van der Waals surface area contributed by atoms with Crippen LogP contribution in [-0.4, -0.2) is 11.0 Å². The highest BCUT2D eigenvalue weighted by atomic mass is 32.4. The van der Waals surface area contributed by atoms with Crippen LogP contribution in [0.2, 0.25) is 0 Å². The average Bonchev–Trinajstić information content (AvgIpc) is 2.67. The number of benzene rings is 3. The maximum Gasteiger partial charge on any atom is 0.114 e. The maximum absolute atomic E-state index is 6.31. The van der Waals surface area contributed by atoms with Crippen molar-refractivity contribution in [3.8, 4) is 0 Å². The molecule has 0 spiro atoms. The van der Waals surface area contributed by atoms with Gasteiger partial charge in [0, 0.05) is 0 Å². The third-order valence-electron chi connectivity index (χ3n) is 3.67. The lowest BCUT2D eigenvalue weighted by atomic mass is 10.3. The van der Waals surface area contributed by atoms with Crippen molar-refractivity contribution in [3.63, 3.8) is 0 Å². The zero-order chi connectivity index (χ0) is 16.8. The highest BCUT2D eigenvalue weighted by Crippen LogP contribution is 2.49. The van der Waals surface area contributed by atoms with E-state index in [1.807, 2.05) is 42.5 Å². The summed E-state index contributed by atoms with van der Waals surface area (Å²) in [4.78, 5) is 5.94. The summed E-state index contributed by atoms with van der Waals surface area (Å²) < 4.78 is 0. The molecule has 0 saturated heterocycles. The molecule has 3 rings (SSSR count). The molecule has 0 aromatic heterocycles. The lowest BCUT2D eigenvalue weighted by Crippen LogP contribution is -2.20. The summed E-state index contributed by atoms with van der Waals surface area (Å²) in [5, 5.41) is 2.35. The van der Waals surface area contributed by atoms with Gasteiger partial charge in [0.15, 0.2) is 0 Å². The first-order valence-electron chi connectivity index (χ1n) is 7.65. The average molecular weight is 367 g/mol. The summed E-state index contributed by atoms with van der Waals surface area (Å²) >= 11 is 7.97. The SMILES string of the molecule is CSC(=Nc1ccccc1)P(=S)(c1ccccc1)c1ccccc1. The Morgan fingerprint density at radius 2 is 1.17 bits per heavy atom. The van der Waals surface area contributed by atoms with Crippen molar-refractivity contribution in [3.05, 3.63) is 91.0 Å². The largest absolute Gasteiger partial charge is 0.240 e. The second kappa shape index (κ2) is 7.94. The molecule has 0 fully saturated rings. The lowest BCUT2D eigenvalue weighted by molar-refractivity contribution is 1.55. The van der Waals surface area contributed by atoms with Crippen LogP contribution in [0, 0.1) is 0 Å². The standard InChI is InChI=1S/C20H18NPS2/c1-24-20(21-17-11-5-2-6-12-17)22(23,18-13-7-3-8-14-18)19-15-9-4-10-16-19/h2-16H,1H3. The number of hydrogen-bond donors (Lipinski definition) is 0. The van der Waals surface area contributed by atoms with Crippen LogP contribution < -0.4 is 10.6 Å². The fourth-order valence-electron chi connectivity index (χ4n) is 2.50. The smallest absolute Gasteiger partial charge is 0.114 e. The van der Waals surface area contributed by atoms with Crippen molar-refractivity contribution in [2.45, 2.75) is 0 Å². The van der Waals surface area contributed by atoms with E-state index in [-0.39, 0.29) is 0 Å². The molecule has 0 N–H and O–H groups in total. The van der Waals surface area contributed by atoms with Crippen molar-refractivity contribution in [1.29, 1.82) is 0 Å². The molecule has 3 aromatic rings. The van der Waals surface area contributed by atoms with E-state index in [0.29, 0.717) is 0 Å². The minimum atomic E-state index is -2.15. The van der Waals surface area contributed by atoms with Gasteiger partial charge >= 0.3 is 0 Å². The molecule has 0 atom stereocenters. The second-order valence-electron chi connectivity index (χ2n) is 5.21. The molecule has 24 heavy (non-hydrogen) atoms. The van der Waals surface area contributed by atoms with Crippen LogP contribution in [0.15, 0.2) is 96.0 Å². The summed E-state index contributed by atoms with van der Waals surface area (Å²) in [6.07, 6.45) is 2.06. The Balaban J connectivity index is 2.21. The number of rotatable bonds is 4. The molecular formula is C20H18NPS2. The highest BCUT2D eigenvalue weighted by molar-refractivity contribution is 8.43. The van der Waals surface area contributed by atoms with Crippen LogP contribution >= 0.6 is 17.8 Å². The van der Waals surface area contributed by atoms with E-state index in [4.69, 9.17) is 16.8 Å². The first-order valence-corrected chi connectivity index (χ1v) is 11.7. The summed E-state index contributed by atoms with van der Waals surface area (Å²) in [6, 6.07) is 28.7. The van der Waals surface area contributed by atoms with Gasteiger partial charge in [0.05, 0.1) is 11.7 Å². The quantitative estimate of drug-likeness (QED) is 0.358. The molecular weight excluding hydrogens is 349 g/mol. The predicted molar refractivity (Wildman–Crippen MR) is 113 cm³/mol. The molecule has 0 bridgehead atoms. The number of hydrogen-bond acceptors (Lipinski definition) is 3. The van der Waals surface area contributed by atoms with E-state index in [1.165, 1.54) is 10.6 Å². The molecule has 0 amide bonds. The monoisotopic (exact) mass is 367 g/mol. The summed E-state index contributed by atoms with van der Waals surface area (Å²) in [7, 11) is 0. The van der Waals surface area contributed by atoms with Gasteiger partial charge in [-0.3, -0.25) is 0 Å². The van der Waals surface area contributed by atoms with Gasteiger partial charge in [-0.1, -0.05) is 90.7 Å². The van der Waals surface area contributed by atoms with Gasteiger partial charge in [0.1, 0.15) is 4.78 Å². The van der Waals surface area contributed by atoms with Gasteiger partial charge in [-0.25, -0.2) is 4.99 Å². The lowest BCUT2D eigenvalue weighted by Gasteiger charge is -2.24. The molecule has 0 aliphatic carbocycles. The Morgan fingerprint density at radius 3 is 1.58 bits per heavy atom. The number of para-hydroxylation sites is 1. The van der Waals surface area contributed by atoms with Crippen LogP contribution in [0.1, 0.15) is 0 Å². The van der Waals surface area contributed by atoms with Crippen LogP contribution in [0.5, 0.6) is 0 Å². The maximum atomic E-state index is 6.31. The Kier molecular flexibility index (Phi) is 5.68. The van der Waals surface area contributed by atoms with Crippen LogP contribution in [0.3, 0.4) is 0 Å². The van der Waals surface area contributed by atoms with Crippen molar-refractivity contribution < 1.29 is 0 Å². The summed E-state index contributed by atoms with van der Waals surface area (Å²) in [6.45, 7) is 0. The zero-order valence-corrected chi connectivity index (χ0v) is 15.9. The van der Waals surface area contributed by atoms with Gasteiger partial charge in [0.2, 0.25) is 0 Å². The van der Waals surface area contributed by atoms with Crippen molar-refractivity contribution in [1.82, 2.24) is 0 Å². The van der Waals surface area contributed by atoms with Gasteiger partial charge in [-0.15, -0.1) is 11.8 Å². The van der Waals surface area contributed by atoms with E-state index >= 15 is 0 Å². The van der Waals surface area contributed by atoms with E-state index in [0.717, 1.165) is 10.5 Å². The van der Waals surface area contributed by atoms with Gasteiger partial charge in [0.25, 0.3) is 0 Å². The van der Waals surface area contributed by atoms with Crippen LogP contribution in [0.25, 0.3) is 0 Å². The van der Waals surface area contributed by atoms with Crippen LogP contribution in [0.4, 0.5) is 5.69 Å². The van der Waals surface area contributed by atoms with Crippen molar-refractivity contribution in [2.75, 3.05) is 6.26 Å². The van der Waals surface area contributed by atoms with Crippen molar-refractivity contribution in [2.24, 2.45) is 4.99 Å². The topological polar surface area (TPSA) is 12.4 Å². The van der Waals surface area contributed by atoms with E-state index in [1.54, 1.807) is 11.8 Å². The minimum absolute atomic E-state index is 0.947. The third-order valence-corrected chi connectivity index (χ3v) is 10.3. The molecule has 0 heterocycles. The molecule has 3 aromatic carbocycles. The molecule has 0 unspecified atom stereocenters. The summed E-state index contributed by atoms with van der Waals surface area (Å²) in [5.41, 5.74) is 0.947. The van der Waals surface area contributed by atoms with Crippen LogP contribution in [-0.2, 0) is 11.8 Å². The van der Waals surface area contributed by atoms with E-state index in [9.17, 15) is 0 Å². The first kappa shape index (κ1) is 17.2. The molecule has 1 nitrogen and oxygen atoms in total. The van der Waals surface area contributed by atoms with E-state index in [2.05, 4.69) is 54.8 Å². The predicted octanol–water partition coefficient (Wildman–Crippen LogP) is 5.17. The molecule has 0 aliphatic rings. The summed E-state index contributed by atoms with van der Waals surface area (Å²) in [5.74, 6) is 0. The van der Waals surface area contributed by atoms with E-state index < -0.39 is 6.04 Å². The number of aliphatic imine (C=N–C) groups is 1.